The summed E-state index contributed by atoms with van der Waals surface area (Å²) >= 11 is 0. The van der Waals surface area contributed by atoms with E-state index in [1.807, 2.05) is 0 Å². The molecule has 0 saturated carbocycles. The largest absolute Gasteiger partial charge is 0.460 e. The zero-order chi connectivity index (χ0) is 39.0. The van der Waals surface area contributed by atoms with Crippen LogP contribution in [0.3, 0.4) is 0 Å². The second-order valence-corrected chi connectivity index (χ2v) is 9.61. The number of hydrogen-bond acceptors (Lipinski definition) is 4. The van der Waals surface area contributed by atoms with Gasteiger partial charge in [-0.1, -0.05) is 0 Å². The summed E-state index contributed by atoms with van der Waals surface area (Å²) in [5, 5.41) is 9.50. The van der Waals surface area contributed by atoms with Crippen LogP contribution in [-0.4, -0.2) is 115 Å². The first kappa shape index (κ1) is 44.1. The van der Waals surface area contributed by atoms with Crippen molar-refractivity contribution in [1.82, 2.24) is 0 Å². The molecule has 1 fully saturated rings. The van der Waals surface area contributed by atoms with E-state index in [4.69, 9.17) is 0 Å². The molecule has 1 aliphatic heterocycles. The standard InChI is InChI=1S/C19H13F25O4/c1-46-7(48-4-5-3-47-5)6(45)2-8(20,21)9(22,23)10(24,25)11(26,27)12(28,29)13(30,31)14(32,33)15(34,35)16(36,37)17(38,39)18(40,41)19(42,43)44/h5-7,45H,2-4H2,1H3. The molecular formula is C19H13F25O4. The summed E-state index contributed by atoms with van der Waals surface area (Å²) in [6, 6.07) is 0. The van der Waals surface area contributed by atoms with Gasteiger partial charge in [-0.3, -0.25) is 0 Å². The molecule has 0 aromatic rings. The minimum atomic E-state index is -9.65. The van der Waals surface area contributed by atoms with Crippen LogP contribution in [0.4, 0.5) is 110 Å². The van der Waals surface area contributed by atoms with Gasteiger partial charge in [0.05, 0.1) is 13.2 Å². The Kier molecular flexibility index (Phi) is 11.1. The number of methoxy groups -OCH3 is 1. The maximum atomic E-state index is 14.1. The molecule has 0 aromatic carbocycles. The maximum absolute atomic E-state index is 14.1. The van der Waals surface area contributed by atoms with Crippen LogP contribution in [0.1, 0.15) is 6.42 Å². The first-order valence-corrected chi connectivity index (χ1v) is 11.3. The van der Waals surface area contributed by atoms with E-state index in [9.17, 15) is 115 Å². The summed E-state index contributed by atoms with van der Waals surface area (Å²) in [5.74, 6) is -99.4. The molecule has 288 valence electrons. The zero-order valence-electron chi connectivity index (χ0n) is 22.0. The van der Waals surface area contributed by atoms with E-state index in [0.717, 1.165) is 0 Å². The number of alkyl halides is 25. The average molecular weight is 780 g/mol. The second kappa shape index (κ2) is 12.1. The molecule has 48 heavy (non-hydrogen) atoms. The lowest BCUT2D eigenvalue weighted by Gasteiger charge is -2.45. The van der Waals surface area contributed by atoms with Gasteiger partial charge in [0.2, 0.25) is 0 Å². The Labute approximate surface area is 247 Å². The second-order valence-electron chi connectivity index (χ2n) is 9.61. The Balaban J connectivity index is 3.69. The van der Waals surface area contributed by atoms with Crippen molar-refractivity contribution in [2.24, 2.45) is 0 Å². The van der Waals surface area contributed by atoms with Crippen molar-refractivity contribution in [2.45, 2.75) is 96.2 Å². The highest BCUT2D eigenvalue weighted by atomic mass is 19.4. The highest BCUT2D eigenvalue weighted by Gasteiger charge is 2.99. The molecule has 1 heterocycles. The Hall–Kier alpha value is -1.91. The van der Waals surface area contributed by atoms with Crippen molar-refractivity contribution in [1.29, 1.82) is 0 Å². The summed E-state index contributed by atoms with van der Waals surface area (Å²) in [4.78, 5) is 0. The number of epoxide rings is 1. The molecule has 1 aliphatic rings. The minimum Gasteiger partial charge on any atom is -0.388 e. The minimum absolute atomic E-state index is 0.119. The van der Waals surface area contributed by atoms with Crippen LogP contribution in [0.25, 0.3) is 0 Å². The summed E-state index contributed by atoms with van der Waals surface area (Å²) in [5.41, 5.74) is 0. The predicted molar refractivity (Wildman–Crippen MR) is 97.6 cm³/mol. The molecule has 0 radical (unpaired) electrons. The Bertz CT molecular complexity index is 1130. The Morgan fingerprint density at radius 1 is 0.521 bits per heavy atom. The first-order valence-electron chi connectivity index (χ1n) is 11.3. The highest BCUT2D eigenvalue weighted by molar-refractivity contribution is 5.19. The van der Waals surface area contributed by atoms with Crippen LogP contribution in [0, 0.1) is 0 Å². The number of halogens is 25. The molecule has 4 nitrogen and oxygen atoms in total. The van der Waals surface area contributed by atoms with E-state index >= 15 is 0 Å². The van der Waals surface area contributed by atoms with E-state index in [1.165, 1.54) is 0 Å². The van der Waals surface area contributed by atoms with Gasteiger partial charge in [-0.15, -0.1) is 0 Å². The first-order chi connectivity index (χ1) is 20.7. The van der Waals surface area contributed by atoms with Crippen LogP contribution < -0.4 is 0 Å². The quantitative estimate of drug-likeness (QED) is 0.0936. The van der Waals surface area contributed by atoms with Gasteiger partial charge in [-0.25, -0.2) is 0 Å². The van der Waals surface area contributed by atoms with Crippen molar-refractivity contribution >= 4 is 0 Å². The number of hydrogen-bond donors (Lipinski definition) is 1. The fourth-order valence-electron chi connectivity index (χ4n) is 3.17. The van der Waals surface area contributed by atoms with E-state index in [2.05, 4.69) is 14.2 Å². The third-order valence-electron chi connectivity index (χ3n) is 6.23. The third-order valence-corrected chi connectivity index (χ3v) is 6.23. The van der Waals surface area contributed by atoms with Gasteiger partial charge in [-0.05, 0) is 0 Å². The topological polar surface area (TPSA) is 51.2 Å². The van der Waals surface area contributed by atoms with Crippen LogP contribution >= 0.6 is 0 Å². The normalized spacial score (nSPS) is 20.2. The maximum Gasteiger partial charge on any atom is 0.460 e. The van der Waals surface area contributed by atoms with Crippen molar-refractivity contribution in [3.8, 4) is 0 Å². The van der Waals surface area contributed by atoms with Gasteiger partial charge >= 0.3 is 71.3 Å². The molecule has 0 aromatic heterocycles. The summed E-state index contributed by atoms with van der Waals surface area (Å²) < 4.78 is 351. The van der Waals surface area contributed by atoms with Gasteiger partial charge in [0.15, 0.2) is 6.29 Å². The van der Waals surface area contributed by atoms with Gasteiger partial charge < -0.3 is 19.3 Å². The monoisotopic (exact) mass is 780 g/mol. The molecule has 3 unspecified atom stereocenters. The Morgan fingerprint density at radius 2 is 0.792 bits per heavy atom. The van der Waals surface area contributed by atoms with Gasteiger partial charge in [-0.2, -0.15) is 110 Å². The average Bonchev–Trinajstić information content (AvgIpc) is 3.71. The summed E-state index contributed by atoms with van der Waals surface area (Å²) in [6.45, 7) is -0.878. The molecule has 0 bridgehead atoms. The third kappa shape index (κ3) is 6.07. The molecule has 0 aliphatic carbocycles. The van der Waals surface area contributed by atoms with Crippen LogP contribution in [0.2, 0.25) is 0 Å². The fourth-order valence-corrected chi connectivity index (χ4v) is 3.17. The molecular weight excluding hydrogens is 767 g/mol. The van der Waals surface area contributed by atoms with E-state index in [0.29, 0.717) is 7.11 Å². The van der Waals surface area contributed by atoms with E-state index in [-0.39, 0.29) is 6.61 Å². The predicted octanol–water partition coefficient (Wildman–Crippen LogP) is 7.68. The van der Waals surface area contributed by atoms with Crippen molar-refractivity contribution in [2.75, 3.05) is 20.3 Å². The molecule has 29 heteroatoms. The lowest BCUT2D eigenvalue weighted by atomic mass is 9.84. The van der Waals surface area contributed by atoms with Crippen LogP contribution in [0.15, 0.2) is 0 Å². The fraction of sp³-hybridized carbons (Fsp3) is 1.00. The van der Waals surface area contributed by atoms with Gasteiger partial charge in [0, 0.05) is 13.5 Å². The summed E-state index contributed by atoms with van der Waals surface area (Å²) in [6.07, 6.45) is -18.5. The number of aliphatic hydroxyl groups is 1. The van der Waals surface area contributed by atoms with Crippen molar-refractivity contribution in [3.05, 3.63) is 0 Å². The van der Waals surface area contributed by atoms with Crippen molar-refractivity contribution in [3.63, 3.8) is 0 Å². The van der Waals surface area contributed by atoms with E-state index < -0.39 is 103 Å². The summed E-state index contributed by atoms with van der Waals surface area (Å²) in [7, 11) is 0.406. The smallest absolute Gasteiger partial charge is 0.388 e. The lowest BCUT2D eigenvalue weighted by molar-refractivity contribution is -0.482. The number of aliphatic hydroxyl groups excluding tert-OH is 1. The zero-order valence-corrected chi connectivity index (χ0v) is 22.0. The van der Waals surface area contributed by atoms with Gasteiger partial charge in [0.25, 0.3) is 0 Å². The SMILES string of the molecule is COC(OCC1CO1)C(O)CC(F)(F)C(F)(F)C(F)(F)C(F)(F)C(F)(F)C(F)(F)C(F)(F)C(F)(F)C(F)(F)C(F)(F)C(F)(F)C(F)(F)F. The molecule has 1 rings (SSSR count). The van der Waals surface area contributed by atoms with Crippen molar-refractivity contribution < 1.29 is 129 Å². The highest BCUT2D eigenvalue weighted by Crippen LogP contribution is 2.68. The lowest BCUT2D eigenvalue weighted by Crippen LogP contribution is -2.78. The van der Waals surface area contributed by atoms with E-state index in [1.54, 1.807) is 0 Å². The Morgan fingerprint density at radius 3 is 1.04 bits per heavy atom. The molecule has 0 amide bonds. The van der Waals surface area contributed by atoms with Crippen LogP contribution in [0.5, 0.6) is 0 Å². The number of rotatable bonds is 17. The number of ether oxygens (including phenoxy) is 3. The molecule has 1 saturated heterocycles. The molecule has 0 spiro atoms. The molecule has 1 N–H and O–H groups in total. The van der Waals surface area contributed by atoms with Crippen LogP contribution in [-0.2, 0) is 14.2 Å². The molecule has 3 atom stereocenters. The van der Waals surface area contributed by atoms with Gasteiger partial charge in [0.1, 0.15) is 12.2 Å².